The van der Waals surface area contributed by atoms with Gasteiger partial charge >= 0.3 is 5.97 Å². The zero-order valence-corrected chi connectivity index (χ0v) is 19.9. The summed E-state index contributed by atoms with van der Waals surface area (Å²) in [5, 5.41) is 0.784. The Morgan fingerprint density at radius 3 is 2.17 bits per heavy atom. The van der Waals surface area contributed by atoms with Gasteiger partial charge in [-0.25, -0.2) is 0 Å². The lowest BCUT2D eigenvalue weighted by molar-refractivity contribution is -0.147. The van der Waals surface area contributed by atoms with Crippen LogP contribution in [-0.2, 0) is 16.0 Å². The number of Topliss-reactive ketones (excluding diaryl/α,β-unsaturated/α-hetero) is 1. The number of ether oxygens (including phenoxy) is 4. The molecule has 1 N–H and O–H groups in total. The monoisotopic (exact) mass is 473 g/mol. The molecule has 4 aromatic rings. The Balaban J connectivity index is 1.54. The number of hydrogen-bond donors (Lipinski definition) is 1. The lowest BCUT2D eigenvalue weighted by atomic mass is 9.99. The topological polar surface area (TPSA) is 86.9 Å². The van der Waals surface area contributed by atoms with E-state index in [0.717, 1.165) is 16.5 Å². The van der Waals surface area contributed by atoms with Gasteiger partial charge in [-0.2, -0.15) is 0 Å². The fraction of sp³-hybridized carbons (Fsp3) is 0.214. The number of fused-ring (bicyclic) bond motifs is 1. The smallest absolute Gasteiger partial charge is 0.307 e. The van der Waals surface area contributed by atoms with Crippen molar-refractivity contribution in [2.45, 2.75) is 18.9 Å². The molecule has 1 unspecified atom stereocenters. The molecular weight excluding hydrogens is 446 g/mol. The maximum absolute atomic E-state index is 13.5. The minimum Gasteiger partial charge on any atom is -0.493 e. The van der Waals surface area contributed by atoms with Crippen molar-refractivity contribution in [1.82, 2.24) is 4.98 Å². The summed E-state index contributed by atoms with van der Waals surface area (Å²) in [5.74, 6) is 0.726. The Morgan fingerprint density at radius 1 is 0.857 bits per heavy atom. The molecule has 1 aromatic heterocycles. The predicted molar refractivity (Wildman–Crippen MR) is 132 cm³/mol. The van der Waals surface area contributed by atoms with Crippen molar-refractivity contribution in [3.8, 4) is 17.2 Å². The summed E-state index contributed by atoms with van der Waals surface area (Å²) in [6.45, 7) is 0. The van der Waals surface area contributed by atoms with E-state index in [1.807, 2.05) is 42.5 Å². The number of carbonyl (C=O) groups is 2. The summed E-state index contributed by atoms with van der Waals surface area (Å²) in [5.41, 5.74) is 2.75. The quantitative estimate of drug-likeness (QED) is 0.249. The minimum atomic E-state index is -1.05. The Morgan fingerprint density at radius 2 is 1.51 bits per heavy atom. The van der Waals surface area contributed by atoms with Gasteiger partial charge in [0.2, 0.25) is 11.5 Å². The Kier molecular flexibility index (Phi) is 7.35. The predicted octanol–water partition coefficient (Wildman–Crippen LogP) is 5.29. The number of ketones is 1. The van der Waals surface area contributed by atoms with Gasteiger partial charge in [-0.15, -0.1) is 0 Å². The lowest BCUT2D eigenvalue weighted by Gasteiger charge is -2.18. The van der Waals surface area contributed by atoms with Crippen LogP contribution in [0.3, 0.4) is 0 Å². The Hall–Kier alpha value is -4.26. The number of para-hydroxylation sites is 1. The zero-order valence-electron chi connectivity index (χ0n) is 19.9. The molecule has 4 rings (SSSR count). The van der Waals surface area contributed by atoms with E-state index in [9.17, 15) is 9.59 Å². The Bertz CT molecular complexity index is 1300. The van der Waals surface area contributed by atoms with Gasteiger partial charge in [-0.1, -0.05) is 48.5 Å². The number of aromatic nitrogens is 1. The Labute approximate surface area is 203 Å². The summed E-state index contributed by atoms with van der Waals surface area (Å²) in [6.07, 6.45) is 1.05. The molecule has 0 fully saturated rings. The van der Waals surface area contributed by atoms with Gasteiger partial charge in [0.1, 0.15) is 0 Å². The molecule has 180 valence electrons. The average molecular weight is 474 g/mol. The van der Waals surface area contributed by atoms with Gasteiger partial charge in [0.05, 0.1) is 21.3 Å². The van der Waals surface area contributed by atoms with Gasteiger partial charge in [0, 0.05) is 34.6 Å². The zero-order chi connectivity index (χ0) is 24.8. The van der Waals surface area contributed by atoms with Crippen LogP contribution in [0.15, 0.2) is 72.9 Å². The van der Waals surface area contributed by atoms with Crippen LogP contribution in [0.2, 0.25) is 0 Å². The highest BCUT2D eigenvalue weighted by atomic mass is 16.5. The third-order valence-corrected chi connectivity index (χ3v) is 5.79. The highest BCUT2D eigenvalue weighted by Crippen LogP contribution is 2.38. The number of nitrogens with one attached hydrogen (secondary N) is 1. The molecule has 0 radical (unpaired) electrons. The molecule has 0 amide bonds. The molecule has 0 spiro atoms. The molecule has 0 aliphatic rings. The van der Waals surface area contributed by atoms with Crippen LogP contribution in [-0.4, -0.2) is 38.1 Å². The molecule has 0 saturated heterocycles. The van der Waals surface area contributed by atoms with Crippen molar-refractivity contribution >= 4 is 22.7 Å². The summed E-state index contributed by atoms with van der Waals surface area (Å²) < 4.78 is 21.9. The summed E-state index contributed by atoms with van der Waals surface area (Å²) in [7, 11) is 4.61. The van der Waals surface area contributed by atoms with Crippen molar-refractivity contribution in [1.29, 1.82) is 0 Å². The SMILES string of the molecule is COc1cc(CCC(=O)OC(C(=O)c2c[nH]c3ccccc23)c2ccccc2)cc(OC)c1OC. The van der Waals surface area contributed by atoms with Gasteiger partial charge in [-0.3, -0.25) is 9.59 Å². The number of rotatable bonds is 10. The van der Waals surface area contributed by atoms with Gasteiger partial charge in [-0.05, 0) is 30.2 Å². The summed E-state index contributed by atoms with van der Waals surface area (Å²) >= 11 is 0. The number of hydrogen-bond acceptors (Lipinski definition) is 6. The first-order chi connectivity index (χ1) is 17.0. The van der Waals surface area contributed by atoms with Crippen molar-refractivity contribution in [3.05, 3.63) is 89.6 Å². The van der Waals surface area contributed by atoms with E-state index in [0.29, 0.717) is 34.8 Å². The molecule has 1 atom stereocenters. The summed E-state index contributed by atoms with van der Waals surface area (Å²) in [4.78, 5) is 29.5. The van der Waals surface area contributed by atoms with Crippen molar-refractivity contribution in [2.75, 3.05) is 21.3 Å². The second-order valence-corrected chi connectivity index (χ2v) is 7.93. The molecule has 7 heteroatoms. The van der Waals surface area contributed by atoms with Gasteiger partial charge in [0.25, 0.3) is 0 Å². The van der Waals surface area contributed by atoms with Crippen LogP contribution in [0.5, 0.6) is 17.2 Å². The molecule has 0 aliphatic heterocycles. The molecular formula is C28H27NO6. The van der Waals surface area contributed by atoms with E-state index in [4.69, 9.17) is 18.9 Å². The highest BCUT2D eigenvalue weighted by molar-refractivity contribution is 6.10. The third-order valence-electron chi connectivity index (χ3n) is 5.79. The maximum Gasteiger partial charge on any atom is 0.307 e. The van der Waals surface area contributed by atoms with Gasteiger partial charge in [0.15, 0.2) is 17.6 Å². The van der Waals surface area contributed by atoms with Crippen LogP contribution in [0, 0.1) is 0 Å². The first-order valence-corrected chi connectivity index (χ1v) is 11.2. The molecule has 1 heterocycles. The van der Waals surface area contributed by atoms with Crippen LogP contribution in [0.1, 0.15) is 34.0 Å². The first-order valence-electron chi connectivity index (χ1n) is 11.2. The molecule has 0 saturated carbocycles. The fourth-order valence-corrected chi connectivity index (χ4v) is 4.03. The normalized spacial score (nSPS) is 11.6. The van der Waals surface area contributed by atoms with E-state index in [1.165, 1.54) is 21.3 Å². The van der Waals surface area contributed by atoms with Gasteiger partial charge < -0.3 is 23.9 Å². The first kappa shape index (κ1) is 23.9. The average Bonchev–Trinajstić information content (AvgIpc) is 3.34. The number of aromatic amines is 1. The van der Waals surface area contributed by atoms with E-state index >= 15 is 0 Å². The van der Waals surface area contributed by atoms with E-state index < -0.39 is 12.1 Å². The van der Waals surface area contributed by atoms with Crippen molar-refractivity contribution in [2.24, 2.45) is 0 Å². The standard InChI is InChI=1S/C28H27NO6/c1-32-23-15-18(16-24(33-2)28(23)34-3)13-14-25(30)35-27(19-9-5-4-6-10-19)26(31)21-17-29-22-12-8-7-11-20(21)22/h4-12,15-17,27,29H,13-14H2,1-3H3. The second kappa shape index (κ2) is 10.8. The van der Waals surface area contributed by atoms with Crippen molar-refractivity contribution in [3.63, 3.8) is 0 Å². The third kappa shape index (κ3) is 5.14. The van der Waals surface area contributed by atoms with Crippen LogP contribution < -0.4 is 14.2 Å². The summed E-state index contributed by atoms with van der Waals surface area (Å²) in [6, 6.07) is 20.2. The molecule has 3 aromatic carbocycles. The molecule has 7 nitrogen and oxygen atoms in total. The van der Waals surface area contributed by atoms with Crippen LogP contribution >= 0.6 is 0 Å². The maximum atomic E-state index is 13.5. The number of aryl methyl sites for hydroxylation is 1. The molecule has 0 bridgehead atoms. The second-order valence-electron chi connectivity index (χ2n) is 7.93. The highest BCUT2D eigenvalue weighted by Gasteiger charge is 2.28. The molecule has 0 aliphatic carbocycles. The van der Waals surface area contributed by atoms with Crippen molar-refractivity contribution < 1.29 is 28.5 Å². The van der Waals surface area contributed by atoms with E-state index in [1.54, 1.807) is 30.5 Å². The number of carbonyl (C=O) groups excluding carboxylic acids is 2. The minimum absolute atomic E-state index is 0.0726. The van der Waals surface area contributed by atoms with Crippen LogP contribution in [0.4, 0.5) is 0 Å². The number of esters is 1. The largest absolute Gasteiger partial charge is 0.493 e. The van der Waals surface area contributed by atoms with Crippen LogP contribution in [0.25, 0.3) is 10.9 Å². The van der Waals surface area contributed by atoms with E-state index in [-0.39, 0.29) is 12.2 Å². The number of H-pyrrole nitrogens is 1. The fourth-order valence-electron chi connectivity index (χ4n) is 4.03. The number of methoxy groups -OCH3 is 3. The van der Waals surface area contributed by atoms with E-state index in [2.05, 4.69) is 4.98 Å². The lowest BCUT2D eigenvalue weighted by Crippen LogP contribution is -2.20. The number of benzene rings is 3. The molecule has 35 heavy (non-hydrogen) atoms.